The third kappa shape index (κ3) is 11.0. The summed E-state index contributed by atoms with van der Waals surface area (Å²) in [5, 5.41) is 5.26. The standard InChI is InChI=1S/C53H63N4O7P/c1-36(2)51(58)54-49-31-32-56(52(59)55-49)50-34-47(64-65(57(37(3)4)38(5)6)33-15-19-40-18-14-17-39-16-12-13-22-46(39)40)48(63-50)35-62-53(41-20-10-9-11-21-41,42-23-27-44(60-7)28-24-42)43-25-29-45(61-8)30-26-43/h9-14,16-18,20-32,36-38,47-48,50H,15,19,33-35H2,1-8H3,(H,54,55,58,59)/t47-,48+,50+,65?/m0/s1. The molecule has 1 unspecified atom stereocenters. The lowest BCUT2D eigenvalue weighted by Gasteiger charge is -2.40. The Morgan fingerprint density at radius 3 is 2.00 bits per heavy atom. The van der Waals surface area contributed by atoms with Crippen LogP contribution in [0.5, 0.6) is 11.5 Å². The first-order valence-corrected chi connectivity index (χ1v) is 24.0. The van der Waals surface area contributed by atoms with Gasteiger partial charge in [0.15, 0.2) is 0 Å². The van der Waals surface area contributed by atoms with Gasteiger partial charge < -0.3 is 28.8 Å². The highest BCUT2D eigenvalue weighted by Gasteiger charge is 2.44. The topological polar surface area (TPSA) is 113 Å². The average molecular weight is 899 g/mol. The molecule has 1 aliphatic heterocycles. The van der Waals surface area contributed by atoms with Crippen LogP contribution in [0.2, 0.25) is 0 Å². The third-order valence-electron chi connectivity index (χ3n) is 12.0. The van der Waals surface area contributed by atoms with Crippen molar-refractivity contribution in [1.29, 1.82) is 0 Å². The van der Waals surface area contributed by atoms with Gasteiger partial charge in [-0.3, -0.25) is 14.0 Å². The molecule has 12 heteroatoms. The molecule has 342 valence electrons. The lowest BCUT2D eigenvalue weighted by atomic mass is 9.80. The second kappa shape index (κ2) is 21.7. The van der Waals surface area contributed by atoms with E-state index < -0.39 is 38.0 Å². The fraction of sp³-hybridized carbons (Fsp3) is 0.377. The maximum absolute atomic E-state index is 13.8. The molecule has 0 aliphatic carbocycles. The molecule has 11 nitrogen and oxygen atoms in total. The number of hydrogen-bond acceptors (Lipinski definition) is 9. The van der Waals surface area contributed by atoms with E-state index in [1.54, 1.807) is 40.3 Å². The van der Waals surface area contributed by atoms with Crippen LogP contribution in [-0.2, 0) is 30.8 Å². The monoisotopic (exact) mass is 898 g/mol. The van der Waals surface area contributed by atoms with Crippen LogP contribution in [0.4, 0.5) is 5.82 Å². The van der Waals surface area contributed by atoms with E-state index in [-0.39, 0.29) is 36.3 Å². The molecular weight excluding hydrogens is 836 g/mol. The van der Waals surface area contributed by atoms with Gasteiger partial charge in [-0.1, -0.05) is 111 Å². The molecule has 2 heterocycles. The highest BCUT2D eigenvalue weighted by molar-refractivity contribution is 7.50. The smallest absolute Gasteiger partial charge is 0.351 e. The van der Waals surface area contributed by atoms with Crippen LogP contribution in [0.15, 0.2) is 138 Å². The number of ether oxygens (including phenoxy) is 4. The summed E-state index contributed by atoms with van der Waals surface area (Å²) in [6.07, 6.45) is 2.91. The minimum Gasteiger partial charge on any atom is -0.497 e. The van der Waals surface area contributed by atoms with Crippen molar-refractivity contribution in [3.8, 4) is 11.5 Å². The highest BCUT2D eigenvalue weighted by atomic mass is 31.2. The summed E-state index contributed by atoms with van der Waals surface area (Å²) in [5.74, 6) is 1.16. The van der Waals surface area contributed by atoms with E-state index in [0.29, 0.717) is 6.42 Å². The lowest BCUT2D eigenvalue weighted by molar-refractivity contribution is -0.118. The predicted octanol–water partition coefficient (Wildman–Crippen LogP) is 10.8. The predicted molar refractivity (Wildman–Crippen MR) is 260 cm³/mol. The molecule has 1 aliphatic rings. The molecule has 1 amide bonds. The number of carbonyl (C=O) groups excluding carboxylic acids is 1. The molecule has 5 aromatic carbocycles. The molecule has 65 heavy (non-hydrogen) atoms. The number of aromatic nitrogens is 2. The number of fused-ring (bicyclic) bond motifs is 1. The fourth-order valence-corrected chi connectivity index (χ4v) is 11.2. The van der Waals surface area contributed by atoms with Crippen LogP contribution in [0.25, 0.3) is 10.8 Å². The summed E-state index contributed by atoms with van der Waals surface area (Å²) in [4.78, 5) is 30.5. The summed E-state index contributed by atoms with van der Waals surface area (Å²) >= 11 is 0. The second-order valence-electron chi connectivity index (χ2n) is 17.4. The number of nitrogens with one attached hydrogen (secondary N) is 1. The Kier molecular flexibility index (Phi) is 15.9. The number of aryl methyl sites for hydroxylation is 1. The Morgan fingerprint density at radius 1 is 0.800 bits per heavy atom. The van der Waals surface area contributed by atoms with Crippen LogP contribution in [0, 0.1) is 5.92 Å². The van der Waals surface area contributed by atoms with E-state index in [4.69, 9.17) is 23.5 Å². The van der Waals surface area contributed by atoms with Crippen molar-refractivity contribution in [3.63, 3.8) is 0 Å². The van der Waals surface area contributed by atoms with Crippen molar-refractivity contribution < 1.29 is 28.3 Å². The Labute approximate surface area is 384 Å². The van der Waals surface area contributed by atoms with Gasteiger partial charge in [0.1, 0.15) is 43.5 Å². The van der Waals surface area contributed by atoms with E-state index in [2.05, 4.69) is 97.3 Å². The van der Waals surface area contributed by atoms with Gasteiger partial charge in [-0.2, -0.15) is 4.98 Å². The maximum Gasteiger partial charge on any atom is 0.351 e. The Balaban J connectivity index is 1.26. The zero-order valence-electron chi connectivity index (χ0n) is 38.8. The van der Waals surface area contributed by atoms with Gasteiger partial charge in [0.05, 0.1) is 26.9 Å². The molecule has 1 fully saturated rings. The van der Waals surface area contributed by atoms with Crippen molar-refractivity contribution in [2.24, 2.45) is 5.92 Å². The second-order valence-corrected chi connectivity index (χ2v) is 19.2. The summed E-state index contributed by atoms with van der Waals surface area (Å²) in [5.41, 5.74) is 2.39. The van der Waals surface area contributed by atoms with Crippen LogP contribution in [-0.4, -0.2) is 71.4 Å². The SMILES string of the molecule is COc1ccc(C(OC[C@H]2O[C@@H](n3ccc(NC(=O)C(C)C)nc3=O)C[C@@H]2OP(CCCc2cccc3ccccc23)N(C(C)C)C(C)C)(c2ccccc2)c2ccc(OC)cc2)cc1. The van der Waals surface area contributed by atoms with Gasteiger partial charge in [0.25, 0.3) is 0 Å². The van der Waals surface area contributed by atoms with Gasteiger partial charge in [0.2, 0.25) is 5.91 Å². The summed E-state index contributed by atoms with van der Waals surface area (Å²) < 4.78 is 37.0. The third-order valence-corrected chi connectivity index (χ3v) is 14.6. The van der Waals surface area contributed by atoms with Crippen molar-refractivity contribution in [2.75, 3.05) is 32.3 Å². The van der Waals surface area contributed by atoms with Crippen molar-refractivity contribution >= 4 is 30.8 Å². The number of methoxy groups -OCH3 is 2. The molecule has 1 aromatic heterocycles. The number of hydrogen-bond donors (Lipinski definition) is 1. The van der Waals surface area contributed by atoms with Crippen molar-refractivity contribution in [3.05, 3.63) is 166 Å². The Bertz CT molecular complexity index is 2470. The Hall–Kier alpha value is -5.42. The first-order chi connectivity index (χ1) is 31.4. The quantitative estimate of drug-likeness (QED) is 0.0591. The number of amides is 1. The van der Waals surface area contributed by atoms with Crippen LogP contribution >= 0.6 is 8.30 Å². The largest absolute Gasteiger partial charge is 0.497 e. The minimum atomic E-state index is -1.16. The number of anilines is 1. The van der Waals surface area contributed by atoms with Gasteiger partial charge >= 0.3 is 5.69 Å². The average Bonchev–Trinajstić information content (AvgIpc) is 3.71. The van der Waals surface area contributed by atoms with E-state index >= 15 is 0 Å². The molecule has 0 saturated carbocycles. The Morgan fingerprint density at radius 2 is 1.40 bits per heavy atom. The van der Waals surface area contributed by atoms with Crippen LogP contribution in [0.1, 0.15) is 82.9 Å². The zero-order chi connectivity index (χ0) is 46.1. The molecule has 0 bridgehead atoms. The molecule has 1 N–H and O–H groups in total. The molecule has 6 aromatic rings. The van der Waals surface area contributed by atoms with E-state index in [0.717, 1.165) is 47.2 Å². The van der Waals surface area contributed by atoms with Gasteiger partial charge in [-0.05, 0) is 104 Å². The molecule has 0 spiro atoms. The van der Waals surface area contributed by atoms with Crippen LogP contribution in [0.3, 0.4) is 0 Å². The number of rotatable bonds is 20. The van der Waals surface area contributed by atoms with Gasteiger partial charge in [0, 0.05) is 36.8 Å². The first-order valence-electron chi connectivity index (χ1n) is 22.6. The van der Waals surface area contributed by atoms with E-state index in [9.17, 15) is 9.59 Å². The zero-order valence-corrected chi connectivity index (χ0v) is 39.7. The minimum absolute atomic E-state index is 0.112. The number of benzene rings is 5. The molecule has 4 atom stereocenters. The van der Waals surface area contributed by atoms with Crippen molar-refractivity contribution in [2.45, 2.75) is 96.9 Å². The number of carbonyl (C=O) groups is 1. The fourth-order valence-electron chi connectivity index (χ4n) is 8.79. The molecular formula is C53H63N4O7P. The maximum atomic E-state index is 13.8. The van der Waals surface area contributed by atoms with Crippen molar-refractivity contribution in [1.82, 2.24) is 14.2 Å². The molecule has 7 rings (SSSR count). The van der Waals surface area contributed by atoms with Gasteiger partial charge in [-0.25, -0.2) is 4.79 Å². The van der Waals surface area contributed by atoms with Gasteiger partial charge in [-0.15, -0.1) is 0 Å². The summed E-state index contributed by atoms with van der Waals surface area (Å²) in [7, 11) is 2.15. The van der Waals surface area contributed by atoms with E-state index in [1.807, 2.05) is 66.7 Å². The number of nitrogens with zero attached hydrogens (tertiary/aromatic N) is 3. The highest BCUT2D eigenvalue weighted by Crippen LogP contribution is 2.50. The normalized spacial score (nSPS) is 17.0. The molecule has 1 saturated heterocycles. The summed E-state index contributed by atoms with van der Waals surface area (Å²) in [6, 6.07) is 43.2. The van der Waals surface area contributed by atoms with Crippen LogP contribution < -0.4 is 20.5 Å². The first kappa shape index (κ1) is 47.5. The summed E-state index contributed by atoms with van der Waals surface area (Å²) in [6.45, 7) is 12.6. The molecule has 0 radical (unpaired) electrons. The van der Waals surface area contributed by atoms with E-state index in [1.165, 1.54) is 20.9 Å². The lowest BCUT2D eigenvalue weighted by Crippen LogP contribution is -2.39.